The summed E-state index contributed by atoms with van der Waals surface area (Å²) in [4.78, 5) is 12.6. The van der Waals surface area contributed by atoms with Crippen molar-refractivity contribution in [2.45, 2.75) is 6.92 Å². The fourth-order valence-electron chi connectivity index (χ4n) is 2.24. The third-order valence-corrected chi connectivity index (χ3v) is 3.67. The van der Waals surface area contributed by atoms with Crippen LogP contribution < -0.4 is 9.47 Å². The maximum atomic E-state index is 12.6. The van der Waals surface area contributed by atoms with Gasteiger partial charge in [0, 0.05) is 0 Å². The van der Waals surface area contributed by atoms with E-state index in [9.17, 15) is 15.2 Å². The van der Waals surface area contributed by atoms with Gasteiger partial charge < -0.3 is 14.6 Å². The minimum atomic E-state index is -0.470. The molecule has 128 valence electrons. The van der Waals surface area contributed by atoms with Crippen LogP contribution in [0.1, 0.15) is 22.8 Å². The lowest BCUT2D eigenvalue weighted by Gasteiger charge is -2.09. The zero-order valence-electron chi connectivity index (χ0n) is 13.7. The number of ether oxygens (including phenoxy) is 2. The van der Waals surface area contributed by atoms with Gasteiger partial charge in [-0.05, 0) is 42.8 Å². The molecule has 0 spiro atoms. The molecule has 1 N–H and O–H groups in total. The molecular weight excluding hydrogens is 342 g/mol. The molecule has 0 atom stereocenters. The molecule has 0 aliphatic rings. The van der Waals surface area contributed by atoms with E-state index in [-0.39, 0.29) is 27.7 Å². The normalized spacial score (nSPS) is 10.9. The summed E-state index contributed by atoms with van der Waals surface area (Å²) >= 11 is 5.98. The number of phenols is 1. The van der Waals surface area contributed by atoms with Crippen LogP contribution in [0.3, 0.4) is 0 Å². The number of carbonyl (C=O) groups excluding carboxylic acids is 1. The SMILES string of the molecule is CCOc1cc(/C=C(\C#N)C(=O)c2ccccc2OC)cc(Cl)c1O. The third-order valence-electron chi connectivity index (χ3n) is 3.38. The second kappa shape index (κ2) is 8.22. The van der Waals surface area contributed by atoms with E-state index in [1.165, 1.54) is 25.3 Å². The van der Waals surface area contributed by atoms with Gasteiger partial charge in [-0.2, -0.15) is 5.26 Å². The number of ketones is 1. The number of methoxy groups -OCH3 is 1. The minimum Gasteiger partial charge on any atom is -0.503 e. The van der Waals surface area contributed by atoms with E-state index in [0.29, 0.717) is 17.9 Å². The quantitative estimate of drug-likeness (QED) is 0.475. The minimum absolute atomic E-state index is 0.0687. The molecule has 0 unspecified atom stereocenters. The number of nitriles is 1. The molecule has 0 fully saturated rings. The van der Waals surface area contributed by atoms with Crippen molar-refractivity contribution in [2.75, 3.05) is 13.7 Å². The average Bonchev–Trinajstić information content (AvgIpc) is 2.63. The summed E-state index contributed by atoms with van der Waals surface area (Å²) in [5.74, 6) is -0.0898. The molecule has 0 aliphatic carbocycles. The first-order valence-corrected chi connectivity index (χ1v) is 7.84. The Morgan fingerprint density at radius 1 is 1.32 bits per heavy atom. The molecule has 2 aromatic rings. The van der Waals surface area contributed by atoms with E-state index in [0.717, 1.165) is 0 Å². The first kappa shape index (κ1) is 18.4. The number of halogens is 1. The van der Waals surface area contributed by atoms with Crippen LogP contribution in [0.4, 0.5) is 0 Å². The average molecular weight is 358 g/mol. The summed E-state index contributed by atoms with van der Waals surface area (Å²) < 4.78 is 10.5. The van der Waals surface area contributed by atoms with Crippen molar-refractivity contribution in [1.82, 2.24) is 0 Å². The van der Waals surface area contributed by atoms with Gasteiger partial charge in [0.1, 0.15) is 17.4 Å². The summed E-state index contributed by atoms with van der Waals surface area (Å²) in [6, 6.07) is 11.5. The maximum Gasteiger partial charge on any atom is 0.207 e. The fraction of sp³-hybridized carbons (Fsp3) is 0.158. The zero-order chi connectivity index (χ0) is 18.4. The molecule has 0 bridgehead atoms. The summed E-state index contributed by atoms with van der Waals surface area (Å²) in [6.07, 6.45) is 1.39. The van der Waals surface area contributed by atoms with Crippen LogP contribution in [0.2, 0.25) is 5.02 Å². The number of hydrogen-bond donors (Lipinski definition) is 1. The highest BCUT2D eigenvalue weighted by molar-refractivity contribution is 6.32. The van der Waals surface area contributed by atoms with Gasteiger partial charge in [0.25, 0.3) is 0 Å². The van der Waals surface area contributed by atoms with Crippen molar-refractivity contribution in [3.63, 3.8) is 0 Å². The van der Waals surface area contributed by atoms with Gasteiger partial charge in [-0.25, -0.2) is 0 Å². The Balaban J connectivity index is 2.47. The Kier molecular flexibility index (Phi) is 6.04. The number of nitrogens with zero attached hydrogens (tertiary/aromatic N) is 1. The van der Waals surface area contributed by atoms with Gasteiger partial charge in [0.15, 0.2) is 11.5 Å². The molecule has 0 heterocycles. The van der Waals surface area contributed by atoms with Crippen molar-refractivity contribution in [2.24, 2.45) is 0 Å². The number of carbonyl (C=O) groups is 1. The van der Waals surface area contributed by atoms with Crippen LogP contribution in [0.25, 0.3) is 6.08 Å². The summed E-state index contributed by atoms with van der Waals surface area (Å²) in [5, 5.41) is 19.3. The smallest absolute Gasteiger partial charge is 0.207 e. The van der Waals surface area contributed by atoms with Crippen molar-refractivity contribution in [1.29, 1.82) is 5.26 Å². The topological polar surface area (TPSA) is 79.5 Å². The van der Waals surface area contributed by atoms with E-state index in [1.54, 1.807) is 31.2 Å². The summed E-state index contributed by atoms with van der Waals surface area (Å²) in [6.45, 7) is 2.10. The number of para-hydroxylation sites is 1. The Morgan fingerprint density at radius 2 is 2.04 bits per heavy atom. The van der Waals surface area contributed by atoms with Gasteiger partial charge in [0.2, 0.25) is 5.78 Å². The number of Topliss-reactive ketones (excluding diaryl/α,β-unsaturated/α-hetero) is 1. The van der Waals surface area contributed by atoms with Crippen LogP contribution in [-0.4, -0.2) is 24.6 Å². The van der Waals surface area contributed by atoms with E-state index in [4.69, 9.17) is 21.1 Å². The van der Waals surface area contributed by atoms with E-state index in [2.05, 4.69) is 0 Å². The van der Waals surface area contributed by atoms with Crippen molar-refractivity contribution in [3.05, 3.63) is 58.1 Å². The van der Waals surface area contributed by atoms with Gasteiger partial charge in [-0.1, -0.05) is 23.7 Å². The van der Waals surface area contributed by atoms with Crippen LogP contribution in [-0.2, 0) is 0 Å². The Hall–Kier alpha value is -2.97. The van der Waals surface area contributed by atoms with Crippen LogP contribution in [0.5, 0.6) is 17.2 Å². The van der Waals surface area contributed by atoms with E-state index >= 15 is 0 Å². The number of aromatic hydroxyl groups is 1. The predicted molar refractivity (Wildman–Crippen MR) is 95.2 cm³/mol. The lowest BCUT2D eigenvalue weighted by Crippen LogP contribution is -2.04. The lowest BCUT2D eigenvalue weighted by molar-refractivity contribution is 0.103. The van der Waals surface area contributed by atoms with E-state index < -0.39 is 5.78 Å². The van der Waals surface area contributed by atoms with Gasteiger partial charge in [0.05, 0.1) is 24.3 Å². The van der Waals surface area contributed by atoms with Crippen molar-refractivity contribution < 1.29 is 19.4 Å². The third kappa shape index (κ3) is 4.11. The predicted octanol–water partition coefficient (Wildman–Crippen LogP) is 4.24. The Bertz CT molecular complexity index is 868. The molecule has 0 amide bonds. The largest absolute Gasteiger partial charge is 0.503 e. The Morgan fingerprint density at radius 3 is 2.68 bits per heavy atom. The second-order valence-electron chi connectivity index (χ2n) is 4.98. The monoisotopic (exact) mass is 357 g/mol. The molecule has 0 aliphatic heterocycles. The molecule has 2 rings (SSSR count). The number of benzene rings is 2. The second-order valence-corrected chi connectivity index (χ2v) is 5.39. The molecule has 6 heteroatoms. The Labute approximate surface area is 150 Å². The van der Waals surface area contributed by atoms with E-state index in [1.807, 2.05) is 6.07 Å². The maximum absolute atomic E-state index is 12.6. The molecule has 5 nitrogen and oxygen atoms in total. The molecule has 2 aromatic carbocycles. The molecule has 0 aromatic heterocycles. The highest BCUT2D eigenvalue weighted by Crippen LogP contribution is 2.36. The van der Waals surface area contributed by atoms with Gasteiger partial charge in [-0.3, -0.25) is 4.79 Å². The standard InChI is InChI=1S/C19H16ClNO4/c1-3-25-17-10-12(9-15(20)19(17)23)8-13(11-21)18(22)14-6-4-5-7-16(14)24-2/h4-10,23H,3H2,1-2H3/b13-8+. The first-order valence-electron chi connectivity index (χ1n) is 7.46. The van der Waals surface area contributed by atoms with Gasteiger partial charge in [-0.15, -0.1) is 0 Å². The molecule has 0 saturated heterocycles. The van der Waals surface area contributed by atoms with Crippen LogP contribution in [0.15, 0.2) is 42.0 Å². The fourth-order valence-corrected chi connectivity index (χ4v) is 2.45. The van der Waals surface area contributed by atoms with Crippen molar-refractivity contribution >= 4 is 23.5 Å². The molecule has 25 heavy (non-hydrogen) atoms. The number of rotatable bonds is 6. The summed E-state index contributed by atoms with van der Waals surface area (Å²) in [7, 11) is 1.45. The first-order chi connectivity index (χ1) is 12.0. The van der Waals surface area contributed by atoms with Crippen LogP contribution in [0, 0.1) is 11.3 Å². The van der Waals surface area contributed by atoms with Crippen LogP contribution >= 0.6 is 11.6 Å². The molecular formula is C19H16ClNO4. The lowest BCUT2D eigenvalue weighted by atomic mass is 10.0. The number of hydrogen-bond acceptors (Lipinski definition) is 5. The number of allylic oxidation sites excluding steroid dienone is 1. The number of phenolic OH excluding ortho intramolecular Hbond substituents is 1. The highest BCUT2D eigenvalue weighted by atomic mass is 35.5. The highest BCUT2D eigenvalue weighted by Gasteiger charge is 2.17. The molecule has 0 saturated carbocycles. The molecule has 0 radical (unpaired) electrons. The summed E-state index contributed by atoms with van der Waals surface area (Å²) in [5.41, 5.74) is 0.660. The zero-order valence-corrected chi connectivity index (χ0v) is 14.5. The van der Waals surface area contributed by atoms with Gasteiger partial charge >= 0.3 is 0 Å². The van der Waals surface area contributed by atoms with Crippen molar-refractivity contribution in [3.8, 4) is 23.3 Å².